The number of aliphatic carboxylic acids is 1. The quantitative estimate of drug-likeness (QED) is 0.910. The molecule has 1 aliphatic heterocycles. The van der Waals surface area contributed by atoms with E-state index in [0.717, 1.165) is 5.56 Å². The zero-order valence-corrected chi connectivity index (χ0v) is 12.9. The van der Waals surface area contributed by atoms with E-state index in [1.165, 1.54) is 0 Å². The second-order valence-corrected chi connectivity index (χ2v) is 5.77. The molecule has 1 aliphatic rings. The third-order valence-corrected chi connectivity index (χ3v) is 4.06. The third-order valence-electron chi connectivity index (χ3n) is 3.47. The Morgan fingerprint density at radius 1 is 1.27 bits per heavy atom. The van der Waals surface area contributed by atoms with Gasteiger partial charge in [0.2, 0.25) is 0 Å². The van der Waals surface area contributed by atoms with E-state index in [0.29, 0.717) is 27.1 Å². The molecule has 0 amide bonds. The van der Waals surface area contributed by atoms with Crippen LogP contribution in [-0.2, 0) is 11.4 Å². The molecule has 0 fully saturated rings. The molecule has 2 aromatic carbocycles. The minimum Gasteiger partial charge on any atom is -0.492 e. The summed E-state index contributed by atoms with van der Waals surface area (Å²) in [4.78, 5) is 11.1. The van der Waals surface area contributed by atoms with E-state index in [1.807, 2.05) is 0 Å². The molecule has 1 atom stereocenters. The Hall–Kier alpha value is -1.91. The van der Waals surface area contributed by atoms with Gasteiger partial charge in [-0.05, 0) is 18.2 Å². The van der Waals surface area contributed by atoms with Gasteiger partial charge in [-0.3, -0.25) is 4.79 Å². The van der Waals surface area contributed by atoms with Crippen molar-refractivity contribution < 1.29 is 19.4 Å². The molecule has 0 bridgehead atoms. The van der Waals surface area contributed by atoms with Crippen LogP contribution in [0.3, 0.4) is 0 Å². The van der Waals surface area contributed by atoms with Crippen molar-refractivity contribution in [3.05, 3.63) is 57.6 Å². The van der Waals surface area contributed by atoms with E-state index in [2.05, 4.69) is 0 Å². The van der Waals surface area contributed by atoms with Crippen LogP contribution in [-0.4, -0.2) is 17.7 Å². The molecule has 22 heavy (non-hydrogen) atoms. The van der Waals surface area contributed by atoms with Crippen molar-refractivity contribution in [3.63, 3.8) is 0 Å². The van der Waals surface area contributed by atoms with Gasteiger partial charge in [0.15, 0.2) is 0 Å². The molecule has 0 saturated heterocycles. The highest BCUT2D eigenvalue weighted by Gasteiger charge is 2.30. The van der Waals surface area contributed by atoms with Crippen molar-refractivity contribution >= 4 is 29.2 Å². The van der Waals surface area contributed by atoms with Crippen LogP contribution in [0.25, 0.3) is 0 Å². The summed E-state index contributed by atoms with van der Waals surface area (Å²) in [6, 6.07) is 10.4. The van der Waals surface area contributed by atoms with Crippen molar-refractivity contribution in [3.8, 4) is 11.5 Å². The molecule has 6 heteroatoms. The predicted octanol–water partition coefficient (Wildman–Crippen LogP) is 4.13. The van der Waals surface area contributed by atoms with Gasteiger partial charge in [-0.1, -0.05) is 35.3 Å². The molecule has 0 aromatic heterocycles. The molecule has 2 aromatic rings. The number of rotatable bonds is 4. The largest absolute Gasteiger partial charge is 0.492 e. The molecule has 114 valence electrons. The molecule has 3 rings (SSSR count). The van der Waals surface area contributed by atoms with Gasteiger partial charge in [0.25, 0.3) is 0 Å². The first-order valence-corrected chi connectivity index (χ1v) is 7.36. The lowest BCUT2D eigenvalue weighted by Crippen LogP contribution is -2.12. The molecule has 0 spiro atoms. The minimum atomic E-state index is -0.889. The van der Waals surface area contributed by atoms with Gasteiger partial charge in [0, 0.05) is 27.2 Å². The molecular weight excluding hydrogens is 327 g/mol. The third kappa shape index (κ3) is 2.98. The summed E-state index contributed by atoms with van der Waals surface area (Å²) < 4.78 is 11.1. The summed E-state index contributed by atoms with van der Waals surface area (Å²) in [6.45, 7) is 0.439. The van der Waals surface area contributed by atoms with Gasteiger partial charge >= 0.3 is 5.97 Å². The van der Waals surface area contributed by atoms with E-state index in [9.17, 15) is 4.79 Å². The second kappa shape index (κ2) is 6.07. The summed E-state index contributed by atoms with van der Waals surface area (Å²) >= 11 is 11.9. The number of fused-ring (bicyclic) bond motifs is 1. The average molecular weight is 339 g/mol. The van der Waals surface area contributed by atoms with Crippen molar-refractivity contribution in [1.82, 2.24) is 0 Å². The number of carboxylic acid groups (broad SMARTS) is 1. The fraction of sp³-hybridized carbons (Fsp3) is 0.188. The van der Waals surface area contributed by atoms with Gasteiger partial charge in [0.1, 0.15) is 30.6 Å². The molecule has 1 heterocycles. The molecule has 4 nitrogen and oxygen atoms in total. The summed E-state index contributed by atoms with van der Waals surface area (Å²) in [5.41, 5.74) is 1.49. The van der Waals surface area contributed by atoms with Crippen LogP contribution in [0.2, 0.25) is 10.0 Å². The van der Waals surface area contributed by atoms with Crippen LogP contribution in [0.4, 0.5) is 0 Å². The highest BCUT2D eigenvalue weighted by atomic mass is 35.5. The monoisotopic (exact) mass is 338 g/mol. The number of benzene rings is 2. The van der Waals surface area contributed by atoms with Crippen LogP contribution < -0.4 is 9.47 Å². The summed E-state index contributed by atoms with van der Waals surface area (Å²) in [6.07, 6.45) is 0. The maximum absolute atomic E-state index is 11.1. The first kappa shape index (κ1) is 15.0. The number of carbonyl (C=O) groups is 1. The highest BCUT2D eigenvalue weighted by Crippen LogP contribution is 2.37. The Labute approximate surface area is 137 Å². The van der Waals surface area contributed by atoms with Gasteiger partial charge in [-0.15, -0.1) is 0 Å². The number of carboxylic acids is 1. The fourth-order valence-electron chi connectivity index (χ4n) is 2.28. The maximum Gasteiger partial charge on any atom is 0.314 e. The van der Waals surface area contributed by atoms with Gasteiger partial charge < -0.3 is 14.6 Å². The van der Waals surface area contributed by atoms with E-state index >= 15 is 0 Å². The highest BCUT2D eigenvalue weighted by molar-refractivity contribution is 6.35. The fourth-order valence-corrected chi connectivity index (χ4v) is 2.75. The SMILES string of the molecule is O=C(O)C1COc2cc(OCc3ccc(Cl)cc3Cl)ccc21. The number of hydrogen-bond acceptors (Lipinski definition) is 3. The molecule has 1 unspecified atom stereocenters. The molecule has 0 saturated carbocycles. The van der Waals surface area contributed by atoms with Gasteiger partial charge in [0.05, 0.1) is 0 Å². The molecule has 0 radical (unpaired) electrons. The lowest BCUT2D eigenvalue weighted by molar-refractivity contribution is -0.138. The first-order chi connectivity index (χ1) is 10.5. The van der Waals surface area contributed by atoms with E-state index < -0.39 is 11.9 Å². The first-order valence-electron chi connectivity index (χ1n) is 6.61. The van der Waals surface area contributed by atoms with Crippen LogP contribution >= 0.6 is 23.2 Å². The van der Waals surface area contributed by atoms with Crippen LogP contribution in [0, 0.1) is 0 Å². The Balaban J connectivity index is 1.73. The number of ether oxygens (including phenoxy) is 2. The number of halogens is 2. The van der Waals surface area contributed by atoms with Crippen molar-refractivity contribution in [2.24, 2.45) is 0 Å². The zero-order valence-electron chi connectivity index (χ0n) is 11.4. The van der Waals surface area contributed by atoms with E-state index in [-0.39, 0.29) is 13.2 Å². The Kier molecular flexibility index (Phi) is 4.14. The van der Waals surface area contributed by atoms with E-state index in [4.69, 9.17) is 37.8 Å². The number of hydrogen-bond donors (Lipinski definition) is 1. The maximum atomic E-state index is 11.1. The lowest BCUT2D eigenvalue weighted by atomic mass is 10.0. The normalized spacial score (nSPS) is 16.0. The predicted molar refractivity (Wildman–Crippen MR) is 83.1 cm³/mol. The summed E-state index contributed by atoms with van der Waals surface area (Å²) in [5.74, 6) is -0.363. The van der Waals surface area contributed by atoms with Crippen LogP contribution in [0.5, 0.6) is 11.5 Å². The standard InChI is InChI=1S/C16H12Cl2O4/c17-10-2-1-9(14(18)5-10)7-21-11-3-4-12-13(16(19)20)8-22-15(12)6-11/h1-6,13H,7-8H2,(H,19,20). The van der Waals surface area contributed by atoms with Crippen LogP contribution in [0.15, 0.2) is 36.4 Å². The molecular formula is C16H12Cl2O4. The molecule has 1 N–H and O–H groups in total. The Morgan fingerprint density at radius 3 is 2.82 bits per heavy atom. The van der Waals surface area contributed by atoms with Crippen molar-refractivity contribution in [1.29, 1.82) is 0 Å². The lowest BCUT2D eigenvalue weighted by Gasteiger charge is -2.09. The Bertz CT molecular complexity index is 730. The van der Waals surface area contributed by atoms with E-state index in [1.54, 1.807) is 36.4 Å². The zero-order chi connectivity index (χ0) is 15.7. The van der Waals surface area contributed by atoms with Crippen molar-refractivity contribution in [2.45, 2.75) is 12.5 Å². The van der Waals surface area contributed by atoms with Crippen molar-refractivity contribution in [2.75, 3.05) is 6.61 Å². The summed E-state index contributed by atoms with van der Waals surface area (Å²) in [7, 11) is 0. The summed E-state index contributed by atoms with van der Waals surface area (Å²) in [5, 5.41) is 10.2. The van der Waals surface area contributed by atoms with Gasteiger partial charge in [-0.25, -0.2) is 0 Å². The molecule has 0 aliphatic carbocycles. The van der Waals surface area contributed by atoms with Crippen LogP contribution in [0.1, 0.15) is 17.0 Å². The minimum absolute atomic E-state index is 0.150. The second-order valence-electron chi connectivity index (χ2n) is 4.93. The average Bonchev–Trinajstić information content (AvgIpc) is 2.89. The topological polar surface area (TPSA) is 55.8 Å². The smallest absolute Gasteiger partial charge is 0.314 e. The van der Waals surface area contributed by atoms with Gasteiger partial charge in [-0.2, -0.15) is 0 Å². The Morgan fingerprint density at radius 2 is 2.09 bits per heavy atom.